The zero-order valence-corrected chi connectivity index (χ0v) is 63.6. The molecule has 17 nitrogen and oxygen atoms in total. The van der Waals surface area contributed by atoms with Crippen molar-refractivity contribution in [2.45, 2.75) is 419 Å². The first-order chi connectivity index (χ1) is 46.0. The number of carbonyl (C=O) groups excluding carboxylic acids is 4. The highest BCUT2D eigenvalue weighted by atomic mass is 31.2. The number of phosphoric acid groups is 2. The van der Waals surface area contributed by atoms with Gasteiger partial charge in [0.25, 0.3) is 0 Å². The maximum atomic E-state index is 13.1. The van der Waals surface area contributed by atoms with Crippen LogP contribution in [0.25, 0.3) is 0 Å². The van der Waals surface area contributed by atoms with E-state index in [0.29, 0.717) is 25.7 Å². The van der Waals surface area contributed by atoms with Crippen LogP contribution in [0.1, 0.15) is 401 Å². The number of esters is 4. The third-order valence-electron chi connectivity index (χ3n) is 17.8. The molecule has 0 aliphatic rings. The molecule has 0 saturated heterocycles. The largest absolute Gasteiger partial charge is 0.472 e. The lowest BCUT2D eigenvalue weighted by Crippen LogP contribution is -2.30. The SMILES string of the molecule is CCCCCCCCCCCCCCCCCCCCCCCCC(=O)O[C@H](COC(=O)CCCCCCCCCCCCCCCCCC(C)C)COP(=O)(O)OC[C@@H](O)COP(=O)(O)OC[C@@H](COC(=O)CCCCCCC)OC(=O)CCCCCCCCCCCC. The van der Waals surface area contributed by atoms with Crippen LogP contribution in [0.3, 0.4) is 0 Å². The Bertz CT molecular complexity index is 1820. The number of unbranched alkanes of at least 4 members (excludes halogenated alkanes) is 48. The molecule has 0 aromatic heterocycles. The molecule has 0 radical (unpaired) electrons. The van der Waals surface area contributed by atoms with Crippen molar-refractivity contribution in [1.82, 2.24) is 0 Å². The summed E-state index contributed by atoms with van der Waals surface area (Å²) in [6.07, 6.45) is 58.9. The lowest BCUT2D eigenvalue weighted by atomic mass is 10.0. The first-order valence-electron chi connectivity index (χ1n) is 39.6. The van der Waals surface area contributed by atoms with E-state index in [1.807, 2.05) is 0 Å². The Morgan fingerprint density at radius 3 is 0.716 bits per heavy atom. The number of hydrogen-bond donors (Lipinski definition) is 3. The maximum absolute atomic E-state index is 13.1. The zero-order valence-electron chi connectivity index (χ0n) is 61.8. The molecule has 0 bridgehead atoms. The second-order valence-corrected chi connectivity index (χ2v) is 30.8. The van der Waals surface area contributed by atoms with Crippen LogP contribution in [0.2, 0.25) is 0 Å². The molecular formula is C76H148O17P2. The van der Waals surface area contributed by atoms with E-state index in [0.717, 1.165) is 102 Å². The molecule has 0 aromatic carbocycles. The number of ether oxygens (including phenoxy) is 4. The lowest BCUT2D eigenvalue weighted by Gasteiger charge is -2.21. The van der Waals surface area contributed by atoms with Gasteiger partial charge in [-0.15, -0.1) is 0 Å². The molecule has 19 heteroatoms. The van der Waals surface area contributed by atoms with Crippen LogP contribution in [0.4, 0.5) is 0 Å². The summed E-state index contributed by atoms with van der Waals surface area (Å²) in [5.41, 5.74) is 0. The van der Waals surface area contributed by atoms with E-state index in [1.54, 1.807) is 0 Å². The van der Waals surface area contributed by atoms with Gasteiger partial charge in [0.1, 0.15) is 19.3 Å². The van der Waals surface area contributed by atoms with Crippen molar-refractivity contribution in [2.75, 3.05) is 39.6 Å². The highest BCUT2D eigenvalue weighted by Gasteiger charge is 2.30. The topological polar surface area (TPSA) is 237 Å². The summed E-state index contributed by atoms with van der Waals surface area (Å²) in [7, 11) is -9.90. The minimum atomic E-state index is -4.95. The molecule has 564 valence electrons. The third kappa shape index (κ3) is 70.3. The fraction of sp³-hybridized carbons (Fsp3) is 0.947. The second kappa shape index (κ2) is 69.2. The van der Waals surface area contributed by atoms with Crippen molar-refractivity contribution in [3.05, 3.63) is 0 Å². The standard InChI is InChI=1S/C76H148O17P2/c1-6-9-12-15-17-19-21-22-23-24-25-26-27-28-29-32-36-39-43-47-52-57-62-76(81)93-72(66-87-74(79)60-55-50-45-42-38-35-33-30-31-34-37-40-44-49-53-58-69(4)5)68-91-95(84,85)89-64-70(77)63-88-94(82,83)90-67-71(65-86-73(78)59-54-48-14-11-8-3)92-75(80)61-56-51-46-41-20-18-16-13-10-7-2/h69-72,77H,6-68H2,1-5H3,(H,82,83)(H,84,85)/t70-,71+,72+/m0/s1. The van der Waals surface area contributed by atoms with Crippen molar-refractivity contribution in [1.29, 1.82) is 0 Å². The van der Waals surface area contributed by atoms with Gasteiger partial charge >= 0.3 is 39.5 Å². The minimum Gasteiger partial charge on any atom is -0.462 e. The average Bonchev–Trinajstić information content (AvgIpc) is 1.48. The number of aliphatic hydroxyl groups excluding tert-OH is 1. The molecule has 0 saturated carbocycles. The summed E-state index contributed by atoms with van der Waals surface area (Å²) in [5, 5.41) is 10.6. The maximum Gasteiger partial charge on any atom is 0.472 e. The number of aliphatic hydroxyl groups is 1. The van der Waals surface area contributed by atoms with Gasteiger partial charge in [0.15, 0.2) is 12.2 Å². The Balaban J connectivity index is 5.09. The van der Waals surface area contributed by atoms with Crippen LogP contribution in [-0.2, 0) is 65.4 Å². The van der Waals surface area contributed by atoms with Crippen molar-refractivity contribution in [3.8, 4) is 0 Å². The van der Waals surface area contributed by atoms with Gasteiger partial charge in [-0.2, -0.15) is 0 Å². The van der Waals surface area contributed by atoms with Crippen molar-refractivity contribution < 1.29 is 80.2 Å². The van der Waals surface area contributed by atoms with Crippen LogP contribution in [0.15, 0.2) is 0 Å². The molecule has 0 spiro atoms. The molecule has 0 heterocycles. The van der Waals surface area contributed by atoms with Gasteiger partial charge in [-0.3, -0.25) is 37.3 Å². The summed E-state index contributed by atoms with van der Waals surface area (Å²) in [6.45, 7) is 7.21. The molecular weight excluding hydrogens is 1250 g/mol. The van der Waals surface area contributed by atoms with Crippen LogP contribution in [0.5, 0.6) is 0 Å². The second-order valence-electron chi connectivity index (χ2n) is 27.9. The van der Waals surface area contributed by atoms with Crippen LogP contribution < -0.4 is 0 Å². The quantitative estimate of drug-likeness (QED) is 0.0222. The van der Waals surface area contributed by atoms with Gasteiger partial charge < -0.3 is 33.8 Å². The van der Waals surface area contributed by atoms with Gasteiger partial charge in [-0.25, -0.2) is 9.13 Å². The first kappa shape index (κ1) is 93.1. The number of carbonyl (C=O) groups is 4. The number of hydrogen-bond acceptors (Lipinski definition) is 15. The number of phosphoric ester groups is 2. The van der Waals surface area contributed by atoms with Crippen molar-refractivity contribution >= 4 is 39.5 Å². The smallest absolute Gasteiger partial charge is 0.462 e. The monoisotopic (exact) mass is 1400 g/mol. The molecule has 2 unspecified atom stereocenters. The summed E-state index contributed by atoms with van der Waals surface area (Å²) in [5.74, 6) is -1.32. The van der Waals surface area contributed by atoms with E-state index >= 15 is 0 Å². The van der Waals surface area contributed by atoms with Crippen molar-refractivity contribution in [3.63, 3.8) is 0 Å². The molecule has 0 aromatic rings. The zero-order chi connectivity index (χ0) is 69.8. The van der Waals surface area contributed by atoms with Crippen LogP contribution in [-0.4, -0.2) is 96.7 Å². The predicted octanol–water partition coefficient (Wildman–Crippen LogP) is 22.5. The normalized spacial score (nSPS) is 13.9. The van der Waals surface area contributed by atoms with Crippen LogP contribution >= 0.6 is 15.6 Å². The van der Waals surface area contributed by atoms with Gasteiger partial charge in [-0.1, -0.05) is 349 Å². The Hall–Kier alpha value is -1.94. The van der Waals surface area contributed by atoms with E-state index in [-0.39, 0.29) is 25.7 Å². The molecule has 95 heavy (non-hydrogen) atoms. The summed E-state index contributed by atoms with van der Waals surface area (Å²) < 4.78 is 68.2. The van der Waals surface area contributed by atoms with E-state index in [1.165, 1.54) is 218 Å². The van der Waals surface area contributed by atoms with Gasteiger partial charge in [0.2, 0.25) is 0 Å². The average molecular weight is 1400 g/mol. The van der Waals surface area contributed by atoms with Crippen LogP contribution in [0, 0.1) is 5.92 Å². The fourth-order valence-electron chi connectivity index (χ4n) is 11.7. The molecule has 0 rings (SSSR count). The van der Waals surface area contributed by atoms with E-state index in [9.17, 15) is 43.2 Å². The van der Waals surface area contributed by atoms with Gasteiger partial charge in [0, 0.05) is 25.7 Å². The Morgan fingerprint density at radius 2 is 0.484 bits per heavy atom. The Labute approximate surface area is 581 Å². The highest BCUT2D eigenvalue weighted by molar-refractivity contribution is 7.47. The minimum absolute atomic E-state index is 0.106. The van der Waals surface area contributed by atoms with E-state index in [2.05, 4.69) is 34.6 Å². The van der Waals surface area contributed by atoms with E-state index < -0.39 is 97.5 Å². The molecule has 3 N–H and O–H groups in total. The summed E-state index contributed by atoms with van der Waals surface area (Å²) >= 11 is 0. The van der Waals surface area contributed by atoms with Gasteiger partial charge in [-0.05, 0) is 31.6 Å². The molecule has 0 aliphatic heterocycles. The summed E-state index contributed by atoms with van der Waals surface area (Å²) in [6, 6.07) is 0. The predicted molar refractivity (Wildman–Crippen MR) is 386 cm³/mol. The van der Waals surface area contributed by atoms with Crippen molar-refractivity contribution in [2.24, 2.45) is 5.92 Å². The molecule has 5 atom stereocenters. The lowest BCUT2D eigenvalue weighted by molar-refractivity contribution is -0.161. The van der Waals surface area contributed by atoms with E-state index in [4.69, 9.17) is 37.0 Å². The summed E-state index contributed by atoms with van der Waals surface area (Å²) in [4.78, 5) is 72.4. The molecule has 0 fully saturated rings. The van der Waals surface area contributed by atoms with Gasteiger partial charge in [0.05, 0.1) is 26.4 Å². The number of rotatable bonds is 76. The fourth-order valence-corrected chi connectivity index (χ4v) is 13.3. The highest BCUT2D eigenvalue weighted by Crippen LogP contribution is 2.45. The molecule has 0 aliphatic carbocycles. The third-order valence-corrected chi connectivity index (χ3v) is 19.7. The Morgan fingerprint density at radius 1 is 0.284 bits per heavy atom. The first-order valence-corrected chi connectivity index (χ1v) is 42.6. The molecule has 0 amide bonds. The Kier molecular flexibility index (Phi) is 67.7.